The molecule has 4 heteroatoms. The molecule has 1 N–H and O–H groups in total. The van der Waals surface area contributed by atoms with Crippen molar-refractivity contribution in [1.29, 1.82) is 0 Å². The molecule has 0 amide bonds. The molecule has 86 valence electrons. The van der Waals surface area contributed by atoms with Crippen LogP contribution in [0.15, 0.2) is 10.7 Å². The lowest BCUT2D eigenvalue weighted by Gasteiger charge is -2.07. The van der Waals surface area contributed by atoms with E-state index < -0.39 is 0 Å². The van der Waals surface area contributed by atoms with E-state index in [1.807, 2.05) is 6.07 Å². The van der Waals surface area contributed by atoms with Crippen molar-refractivity contribution >= 4 is 21.7 Å². The van der Waals surface area contributed by atoms with Crippen LogP contribution in [0, 0.1) is 5.92 Å². The summed E-state index contributed by atoms with van der Waals surface area (Å²) in [6.07, 6.45) is 6.61. The van der Waals surface area contributed by atoms with E-state index in [9.17, 15) is 0 Å². The van der Waals surface area contributed by atoms with Gasteiger partial charge in [-0.05, 0) is 41.1 Å². The third-order valence-electron chi connectivity index (χ3n) is 3.21. The van der Waals surface area contributed by atoms with Gasteiger partial charge in [-0.3, -0.25) is 0 Å². The molecule has 1 aromatic rings. The third-order valence-corrected chi connectivity index (χ3v) is 3.62. The fourth-order valence-electron chi connectivity index (χ4n) is 1.86. The maximum atomic E-state index is 4.56. The van der Waals surface area contributed by atoms with E-state index in [0.29, 0.717) is 5.92 Å². The van der Waals surface area contributed by atoms with E-state index in [0.717, 1.165) is 28.7 Å². The Labute approximate surface area is 104 Å². The topological polar surface area (TPSA) is 37.8 Å². The molecule has 2 fully saturated rings. The number of anilines is 1. The molecule has 16 heavy (non-hydrogen) atoms. The maximum Gasteiger partial charge on any atom is 0.135 e. The summed E-state index contributed by atoms with van der Waals surface area (Å²) in [5, 5.41) is 3.40. The van der Waals surface area contributed by atoms with Crippen molar-refractivity contribution in [2.24, 2.45) is 5.92 Å². The summed E-state index contributed by atoms with van der Waals surface area (Å²) in [7, 11) is 0. The van der Waals surface area contributed by atoms with Gasteiger partial charge in [0.15, 0.2) is 0 Å². The summed E-state index contributed by atoms with van der Waals surface area (Å²) in [6.45, 7) is 1.04. The van der Waals surface area contributed by atoms with Crippen LogP contribution in [0.4, 0.5) is 5.82 Å². The van der Waals surface area contributed by atoms with Crippen molar-refractivity contribution in [2.75, 3.05) is 11.9 Å². The predicted octanol–water partition coefficient (Wildman–Crippen LogP) is 3.33. The number of hydrogen-bond acceptors (Lipinski definition) is 3. The molecule has 1 aromatic heterocycles. The Hall–Kier alpha value is -0.640. The van der Waals surface area contributed by atoms with Crippen LogP contribution >= 0.6 is 15.9 Å². The molecule has 3 nitrogen and oxygen atoms in total. The molecule has 2 aliphatic carbocycles. The smallest absolute Gasteiger partial charge is 0.135 e. The number of nitrogens with zero attached hydrogens (tertiary/aromatic N) is 2. The van der Waals surface area contributed by atoms with E-state index in [1.54, 1.807) is 0 Å². The lowest BCUT2D eigenvalue weighted by atomic mass is 10.3. The van der Waals surface area contributed by atoms with E-state index >= 15 is 0 Å². The Morgan fingerprint density at radius 3 is 2.75 bits per heavy atom. The monoisotopic (exact) mass is 281 g/mol. The first-order valence-corrected chi connectivity index (χ1v) is 6.89. The van der Waals surface area contributed by atoms with Gasteiger partial charge in [-0.2, -0.15) is 0 Å². The average molecular weight is 282 g/mol. The van der Waals surface area contributed by atoms with Gasteiger partial charge in [0, 0.05) is 18.5 Å². The third kappa shape index (κ3) is 2.73. The molecule has 2 aliphatic rings. The van der Waals surface area contributed by atoms with E-state index in [1.165, 1.54) is 32.1 Å². The first-order valence-electron chi connectivity index (χ1n) is 6.09. The molecule has 3 rings (SSSR count). The second-order valence-electron chi connectivity index (χ2n) is 4.87. The van der Waals surface area contributed by atoms with E-state index in [-0.39, 0.29) is 0 Å². The highest BCUT2D eigenvalue weighted by molar-refractivity contribution is 9.10. The van der Waals surface area contributed by atoms with E-state index in [2.05, 4.69) is 31.2 Å². The van der Waals surface area contributed by atoms with Gasteiger partial charge in [0.25, 0.3) is 0 Å². The first kappa shape index (κ1) is 10.5. The van der Waals surface area contributed by atoms with Crippen LogP contribution < -0.4 is 5.32 Å². The molecule has 1 heterocycles. The minimum absolute atomic E-state index is 0.612. The highest BCUT2D eigenvalue weighted by Crippen LogP contribution is 2.38. The van der Waals surface area contributed by atoms with Crippen molar-refractivity contribution in [1.82, 2.24) is 9.97 Å². The van der Waals surface area contributed by atoms with Gasteiger partial charge >= 0.3 is 0 Å². The Balaban J connectivity index is 1.62. The largest absolute Gasteiger partial charge is 0.370 e. The zero-order valence-corrected chi connectivity index (χ0v) is 10.8. The molecule has 0 unspecified atom stereocenters. The van der Waals surface area contributed by atoms with Crippen LogP contribution in [0.5, 0.6) is 0 Å². The van der Waals surface area contributed by atoms with Gasteiger partial charge in [0.05, 0.1) is 0 Å². The molecule has 0 atom stereocenters. The zero-order chi connectivity index (χ0) is 11.0. The average Bonchev–Trinajstić information content (AvgIpc) is 3.12. The minimum atomic E-state index is 0.612. The second-order valence-corrected chi connectivity index (χ2v) is 5.68. The maximum absolute atomic E-state index is 4.56. The minimum Gasteiger partial charge on any atom is -0.370 e. The summed E-state index contributed by atoms with van der Waals surface area (Å²) in [5.74, 6) is 3.56. The fraction of sp³-hybridized carbons (Fsp3) is 0.667. The van der Waals surface area contributed by atoms with E-state index in [4.69, 9.17) is 0 Å². The SMILES string of the molecule is Brc1cc(NCCC2CC2)nc(C2CC2)n1. The molecule has 0 spiro atoms. The van der Waals surface area contributed by atoms with Crippen LogP contribution in [-0.2, 0) is 0 Å². The summed E-state index contributed by atoms with van der Waals surface area (Å²) in [6, 6.07) is 1.97. The zero-order valence-electron chi connectivity index (χ0n) is 9.25. The van der Waals surface area contributed by atoms with Crippen LogP contribution in [0.1, 0.15) is 43.8 Å². The van der Waals surface area contributed by atoms with Crippen molar-refractivity contribution in [3.63, 3.8) is 0 Å². The Morgan fingerprint density at radius 2 is 2.06 bits per heavy atom. The lowest BCUT2D eigenvalue weighted by Crippen LogP contribution is -2.06. The van der Waals surface area contributed by atoms with Crippen LogP contribution in [0.2, 0.25) is 0 Å². The molecule has 0 bridgehead atoms. The van der Waals surface area contributed by atoms with Gasteiger partial charge in [0.2, 0.25) is 0 Å². The van der Waals surface area contributed by atoms with Crippen molar-refractivity contribution in [3.05, 3.63) is 16.5 Å². The molecule has 0 aromatic carbocycles. The number of nitrogens with one attached hydrogen (secondary N) is 1. The molecule has 0 aliphatic heterocycles. The molecular formula is C12H16BrN3. The molecule has 2 saturated carbocycles. The Morgan fingerprint density at radius 1 is 1.25 bits per heavy atom. The number of rotatable bonds is 5. The Kier molecular flexibility index (Phi) is 2.84. The van der Waals surface area contributed by atoms with Crippen LogP contribution in [0.25, 0.3) is 0 Å². The number of aromatic nitrogens is 2. The van der Waals surface area contributed by atoms with Crippen molar-refractivity contribution in [3.8, 4) is 0 Å². The lowest BCUT2D eigenvalue weighted by molar-refractivity contribution is 0.756. The summed E-state index contributed by atoms with van der Waals surface area (Å²) in [4.78, 5) is 8.98. The summed E-state index contributed by atoms with van der Waals surface area (Å²) >= 11 is 3.45. The predicted molar refractivity (Wildman–Crippen MR) is 67.5 cm³/mol. The standard InChI is InChI=1S/C12H16BrN3/c13-10-7-11(14-6-5-8-1-2-8)16-12(15-10)9-3-4-9/h7-9H,1-6H2,(H,14,15,16). The van der Waals surface area contributed by atoms with Crippen LogP contribution in [-0.4, -0.2) is 16.5 Å². The quantitative estimate of drug-likeness (QED) is 0.842. The van der Waals surface area contributed by atoms with Crippen molar-refractivity contribution in [2.45, 2.75) is 38.0 Å². The summed E-state index contributed by atoms with van der Waals surface area (Å²) < 4.78 is 0.901. The van der Waals surface area contributed by atoms with Crippen molar-refractivity contribution < 1.29 is 0 Å². The molecule has 0 saturated heterocycles. The Bertz CT molecular complexity index is 386. The highest BCUT2D eigenvalue weighted by Gasteiger charge is 2.27. The first-order chi connectivity index (χ1) is 7.81. The van der Waals surface area contributed by atoms with Gasteiger partial charge in [-0.1, -0.05) is 12.8 Å². The normalized spacial score (nSPS) is 19.8. The number of halogens is 1. The number of hydrogen-bond donors (Lipinski definition) is 1. The fourth-order valence-corrected chi connectivity index (χ4v) is 2.26. The van der Waals surface area contributed by atoms with Gasteiger partial charge in [-0.15, -0.1) is 0 Å². The molecular weight excluding hydrogens is 266 g/mol. The van der Waals surface area contributed by atoms with Crippen LogP contribution in [0.3, 0.4) is 0 Å². The van der Waals surface area contributed by atoms with Gasteiger partial charge < -0.3 is 5.32 Å². The molecule has 0 radical (unpaired) electrons. The van der Waals surface area contributed by atoms with Gasteiger partial charge in [-0.25, -0.2) is 9.97 Å². The highest BCUT2D eigenvalue weighted by atomic mass is 79.9. The summed E-state index contributed by atoms with van der Waals surface area (Å²) in [5.41, 5.74) is 0. The second kappa shape index (κ2) is 4.32. The van der Waals surface area contributed by atoms with Gasteiger partial charge in [0.1, 0.15) is 16.2 Å².